The third kappa shape index (κ3) is 5.32. The highest BCUT2D eigenvalue weighted by Crippen LogP contribution is 2.37. The van der Waals surface area contributed by atoms with Crippen LogP contribution in [0.25, 0.3) is 28.2 Å². The van der Waals surface area contributed by atoms with E-state index < -0.39 is 0 Å². The number of piperidine rings is 1. The van der Waals surface area contributed by atoms with E-state index >= 15 is 0 Å². The molecule has 1 fully saturated rings. The fraction of sp³-hybridized carbons (Fsp3) is 0.267. The Morgan fingerprint density at radius 1 is 1.14 bits per heavy atom. The summed E-state index contributed by atoms with van der Waals surface area (Å²) in [5, 5.41) is 16.7. The number of hydrogen-bond acceptors (Lipinski definition) is 9. The molecule has 0 bridgehead atoms. The maximum atomic E-state index is 13.5. The number of aromatic nitrogens is 5. The van der Waals surface area contributed by atoms with Crippen LogP contribution >= 0.6 is 11.3 Å². The van der Waals surface area contributed by atoms with Crippen LogP contribution in [-0.4, -0.2) is 56.4 Å². The fourth-order valence-corrected chi connectivity index (χ4v) is 5.92. The highest BCUT2D eigenvalue weighted by atomic mass is 32.1. The monoisotopic (exact) mass is 581 g/mol. The molecule has 1 amide bonds. The molecule has 6 rings (SSSR count). The van der Waals surface area contributed by atoms with E-state index in [9.17, 15) is 14.4 Å². The number of benzene rings is 1. The van der Waals surface area contributed by atoms with Crippen molar-refractivity contribution in [1.82, 2.24) is 35.0 Å². The van der Waals surface area contributed by atoms with Gasteiger partial charge in [-0.15, -0.1) is 0 Å². The molecule has 212 valence electrons. The van der Waals surface area contributed by atoms with Gasteiger partial charge in [-0.05, 0) is 68.8 Å². The maximum absolute atomic E-state index is 13.5. The van der Waals surface area contributed by atoms with Crippen LogP contribution in [0.2, 0.25) is 0 Å². The van der Waals surface area contributed by atoms with Gasteiger partial charge in [0.2, 0.25) is 0 Å². The zero-order valence-electron chi connectivity index (χ0n) is 23.1. The number of nitrogens with one attached hydrogen (secondary N) is 2. The lowest BCUT2D eigenvalue weighted by molar-refractivity contribution is 0.0924. The lowest BCUT2D eigenvalue weighted by Crippen LogP contribution is -2.42. The van der Waals surface area contributed by atoms with Crippen molar-refractivity contribution in [1.29, 1.82) is 5.26 Å². The van der Waals surface area contributed by atoms with Gasteiger partial charge >= 0.3 is 0 Å². The number of amides is 1. The van der Waals surface area contributed by atoms with Gasteiger partial charge in [0.25, 0.3) is 5.91 Å². The summed E-state index contributed by atoms with van der Waals surface area (Å²) < 4.78 is 15.5. The second kappa shape index (κ2) is 11.6. The van der Waals surface area contributed by atoms with Crippen molar-refractivity contribution in [3.05, 3.63) is 77.1 Å². The first kappa shape index (κ1) is 27.4. The van der Waals surface area contributed by atoms with Gasteiger partial charge in [-0.2, -0.15) is 5.26 Å². The molecule has 0 saturated carbocycles. The topological polar surface area (TPSA) is 124 Å². The van der Waals surface area contributed by atoms with Crippen molar-refractivity contribution >= 4 is 33.8 Å². The zero-order valence-corrected chi connectivity index (χ0v) is 24.0. The number of carbonyl (C=O) groups is 1. The molecule has 0 unspecified atom stereocenters. The molecule has 12 heteroatoms. The number of hydrogen-bond donors (Lipinski definition) is 2. The van der Waals surface area contributed by atoms with Crippen LogP contribution in [0.15, 0.2) is 55.0 Å². The first-order chi connectivity index (χ1) is 20.4. The first-order valence-electron chi connectivity index (χ1n) is 13.7. The van der Waals surface area contributed by atoms with Gasteiger partial charge in [0.15, 0.2) is 5.13 Å². The summed E-state index contributed by atoms with van der Waals surface area (Å²) in [6, 6.07) is 12.2. The van der Waals surface area contributed by atoms with Gasteiger partial charge in [0.1, 0.15) is 39.6 Å². The minimum absolute atomic E-state index is 0.140. The highest BCUT2D eigenvalue weighted by molar-refractivity contribution is 7.16. The average molecular weight is 582 g/mol. The quantitative estimate of drug-likeness (QED) is 0.283. The van der Waals surface area contributed by atoms with E-state index in [-0.39, 0.29) is 23.5 Å². The molecule has 0 radical (unpaired) electrons. The maximum Gasteiger partial charge on any atom is 0.271 e. The number of thiazole rings is 1. The largest absolute Gasteiger partial charge is 0.348 e. The van der Waals surface area contributed by atoms with Crippen LogP contribution in [0.4, 0.5) is 15.3 Å². The molecular formula is C30H28FN9OS. The van der Waals surface area contributed by atoms with Crippen molar-refractivity contribution in [3.8, 4) is 28.6 Å². The fourth-order valence-electron chi connectivity index (χ4n) is 5.07. The van der Waals surface area contributed by atoms with E-state index in [0.717, 1.165) is 48.7 Å². The van der Waals surface area contributed by atoms with E-state index in [1.54, 1.807) is 18.3 Å². The van der Waals surface area contributed by atoms with Crippen molar-refractivity contribution in [2.75, 3.05) is 25.0 Å². The van der Waals surface area contributed by atoms with Crippen LogP contribution in [0.5, 0.6) is 0 Å². The minimum atomic E-state index is -0.348. The molecule has 2 N–H and O–H groups in total. The molecule has 1 saturated heterocycles. The molecule has 1 aromatic carbocycles. The summed E-state index contributed by atoms with van der Waals surface area (Å²) in [6.07, 6.45) is 7.51. The zero-order chi connectivity index (χ0) is 29.2. The molecule has 1 aliphatic heterocycles. The number of carbonyl (C=O) groups excluding carboxylic acids is 1. The number of halogens is 1. The Bertz CT molecular complexity index is 1780. The van der Waals surface area contributed by atoms with Crippen LogP contribution in [-0.2, 0) is 6.42 Å². The van der Waals surface area contributed by atoms with Crippen LogP contribution in [0, 0.1) is 17.1 Å². The van der Waals surface area contributed by atoms with Gasteiger partial charge in [0.05, 0.1) is 23.8 Å². The third-order valence-electron chi connectivity index (χ3n) is 7.29. The normalized spacial score (nSPS) is 13.7. The van der Waals surface area contributed by atoms with Gasteiger partial charge in [-0.3, -0.25) is 14.2 Å². The van der Waals surface area contributed by atoms with Crippen molar-refractivity contribution in [3.63, 3.8) is 0 Å². The molecule has 10 nitrogen and oxygen atoms in total. The van der Waals surface area contributed by atoms with Gasteiger partial charge in [-0.1, -0.05) is 18.3 Å². The molecule has 4 aromatic heterocycles. The van der Waals surface area contributed by atoms with Crippen LogP contribution in [0.1, 0.15) is 40.8 Å². The number of nitriles is 1. The number of aryl methyl sites for hydroxylation is 1. The summed E-state index contributed by atoms with van der Waals surface area (Å²) in [5.41, 5.74) is 4.50. The Kier molecular flexibility index (Phi) is 7.60. The van der Waals surface area contributed by atoms with Gasteiger partial charge in [-0.25, -0.2) is 19.3 Å². The van der Waals surface area contributed by atoms with Crippen molar-refractivity contribution < 1.29 is 9.18 Å². The SMILES string of the molecule is CCc1nc2ccc(-c3cnc(C(=O)NC4CCNCC4)cn3)cn2c1N(C)c1nc(-c2ccc(F)cc2)c(C#N)s1. The summed E-state index contributed by atoms with van der Waals surface area (Å²) in [7, 11) is 1.89. The minimum Gasteiger partial charge on any atom is -0.348 e. The molecule has 42 heavy (non-hydrogen) atoms. The molecule has 5 aromatic rings. The van der Waals surface area contributed by atoms with Gasteiger partial charge < -0.3 is 15.5 Å². The molecule has 0 spiro atoms. The number of nitrogens with zero attached hydrogens (tertiary/aromatic N) is 7. The standard InChI is InChI=1S/C30H28FN9OS/c1-3-22-29(39(2)30-38-27(25(14-32)42-30)18-4-7-20(31)8-5-18)40-17-19(6-9-26(40)37-22)23-15-35-24(16-34-23)28(41)36-21-10-12-33-13-11-21/h4-9,15-17,21,33H,3,10-13H2,1-2H3,(H,36,41). The van der Waals surface area contributed by atoms with E-state index in [2.05, 4.69) is 26.7 Å². The summed E-state index contributed by atoms with van der Waals surface area (Å²) >= 11 is 1.26. The number of fused-ring (bicyclic) bond motifs is 1. The number of anilines is 2. The molecule has 1 aliphatic rings. The van der Waals surface area contributed by atoms with Crippen molar-refractivity contribution in [2.24, 2.45) is 0 Å². The molecular weight excluding hydrogens is 553 g/mol. The molecule has 5 heterocycles. The summed E-state index contributed by atoms with van der Waals surface area (Å²) in [5.74, 6) is 0.241. The third-order valence-corrected chi connectivity index (χ3v) is 8.33. The van der Waals surface area contributed by atoms with Gasteiger partial charge in [0, 0.05) is 30.4 Å². The molecule has 0 atom stereocenters. The van der Waals surface area contributed by atoms with E-state index in [1.165, 1.54) is 29.7 Å². The Balaban J connectivity index is 1.31. The first-order valence-corrected chi connectivity index (χ1v) is 14.5. The predicted molar refractivity (Wildman–Crippen MR) is 159 cm³/mol. The van der Waals surface area contributed by atoms with Crippen LogP contribution < -0.4 is 15.5 Å². The molecule has 0 aliphatic carbocycles. The number of pyridine rings is 1. The Hall–Kier alpha value is -4.73. The average Bonchev–Trinajstić information content (AvgIpc) is 3.63. The summed E-state index contributed by atoms with van der Waals surface area (Å²) in [6.45, 7) is 3.81. The smallest absolute Gasteiger partial charge is 0.271 e. The highest BCUT2D eigenvalue weighted by Gasteiger charge is 2.23. The second-order valence-corrected chi connectivity index (χ2v) is 11.0. The Labute approximate surface area is 245 Å². The predicted octanol–water partition coefficient (Wildman–Crippen LogP) is 4.74. The van der Waals surface area contributed by atoms with E-state index in [1.807, 2.05) is 41.6 Å². The van der Waals surface area contributed by atoms with E-state index in [4.69, 9.17) is 9.97 Å². The van der Waals surface area contributed by atoms with Crippen molar-refractivity contribution in [2.45, 2.75) is 32.2 Å². The number of rotatable bonds is 7. The lowest BCUT2D eigenvalue weighted by Gasteiger charge is -2.23. The second-order valence-electron chi connectivity index (χ2n) is 10.0. The van der Waals surface area contributed by atoms with Crippen LogP contribution in [0.3, 0.4) is 0 Å². The number of imidazole rings is 1. The summed E-state index contributed by atoms with van der Waals surface area (Å²) in [4.78, 5) is 33.6. The Morgan fingerprint density at radius 2 is 1.90 bits per heavy atom. The Morgan fingerprint density at radius 3 is 2.60 bits per heavy atom. The van der Waals surface area contributed by atoms with E-state index in [0.29, 0.717) is 33.4 Å². The lowest BCUT2D eigenvalue weighted by atomic mass is 10.1.